The number of esters is 1. The standard InChI is InChI=1S/C21H25NO5S/c1-4-26-21(24)19-16-9-8-13(2)10-17(16)28-20(19)22-18(23)12-27-15-7-5-6-14(11-15)25-3/h5-7,11,13H,4,8-10,12H2,1-3H3,(H,22,23). The van der Waals surface area contributed by atoms with Crippen LogP contribution >= 0.6 is 11.3 Å². The number of carbonyl (C=O) groups is 2. The summed E-state index contributed by atoms with van der Waals surface area (Å²) in [6.45, 7) is 4.12. The molecule has 28 heavy (non-hydrogen) atoms. The Labute approximate surface area is 168 Å². The van der Waals surface area contributed by atoms with E-state index < -0.39 is 0 Å². The molecule has 1 N–H and O–H groups in total. The van der Waals surface area contributed by atoms with E-state index in [-0.39, 0.29) is 18.5 Å². The number of hydrogen-bond donors (Lipinski definition) is 1. The van der Waals surface area contributed by atoms with Crippen molar-refractivity contribution in [3.8, 4) is 11.5 Å². The number of methoxy groups -OCH3 is 1. The van der Waals surface area contributed by atoms with Gasteiger partial charge in [0.1, 0.15) is 16.5 Å². The molecule has 0 radical (unpaired) electrons. The summed E-state index contributed by atoms with van der Waals surface area (Å²) in [5.74, 6) is 1.07. The minimum absolute atomic E-state index is 0.158. The Bertz CT molecular complexity index is 860. The van der Waals surface area contributed by atoms with E-state index in [4.69, 9.17) is 14.2 Å². The fraction of sp³-hybridized carbons (Fsp3) is 0.429. The summed E-state index contributed by atoms with van der Waals surface area (Å²) in [6, 6.07) is 7.06. The number of hydrogen-bond acceptors (Lipinski definition) is 6. The first-order chi connectivity index (χ1) is 13.5. The zero-order valence-electron chi connectivity index (χ0n) is 16.4. The van der Waals surface area contributed by atoms with Crippen LogP contribution in [0, 0.1) is 5.92 Å². The van der Waals surface area contributed by atoms with Crippen molar-refractivity contribution in [3.63, 3.8) is 0 Å². The molecule has 1 aliphatic carbocycles. The van der Waals surface area contributed by atoms with Crippen molar-refractivity contribution in [2.75, 3.05) is 25.6 Å². The highest BCUT2D eigenvalue weighted by Gasteiger charge is 2.29. The Morgan fingerprint density at radius 2 is 2.07 bits per heavy atom. The van der Waals surface area contributed by atoms with Crippen LogP contribution in [0.2, 0.25) is 0 Å². The van der Waals surface area contributed by atoms with E-state index >= 15 is 0 Å². The first-order valence-corrected chi connectivity index (χ1v) is 10.2. The molecule has 3 rings (SSSR count). The van der Waals surface area contributed by atoms with Gasteiger partial charge < -0.3 is 19.5 Å². The molecule has 0 saturated carbocycles. The zero-order valence-corrected chi connectivity index (χ0v) is 17.2. The van der Waals surface area contributed by atoms with Crippen molar-refractivity contribution < 1.29 is 23.8 Å². The van der Waals surface area contributed by atoms with Crippen LogP contribution in [0.15, 0.2) is 24.3 Å². The molecule has 0 bridgehead atoms. The summed E-state index contributed by atoms with van der Waals surface area (Å²) in [5, 5.41) is 3.40. The van der Waals surface area contributed by atoms with E-state index in [9.17, 15) is 9.59 Å². The molecule has 2 aromatic rings. The number of anilines is 1. The molecule has 1 aromatic carbocycles. The molecule has 0 fully saturated rings. The van der Waals surface area contributed by atoms with Gasteiger partial charge in [-0.15, -0.1) is 11.3 Å². The molecule has 0 aliphatic heterocycles. The number of carbonyl (C=O) groups excluding carboxylic acids is 2. The molecule has 0 spiro atoms. The van der Waals surface area contributed by atoms with Crippen LogP contribution in [0.4, 0.5) is 5.00 Å². The average Bonchev–Trinajstić information content (AvgIpc) is 3.03. The van der Waals surface area contributed by atoms with Gasteiger partial charge >= 0.3 is 5.97 Å². The lowest BCUT2D eigenvalue weighted by molar-refractivity contribution is -0.118. The Morgan fingerprint density at radius 1 is 1.29 bits per heavy atom. The zero-order chi connectivity index (χ0) is 20.1. The third-order valence-corrected chi connectivity index (χ3v) is 5.83. The fourth-order valence-electron chi connectivity index (χ4n) is 3.26. The van der Waals surface area contributed by atoms with Gasteiger partial charge in [0.05, 0.1) is 19.3 Å². The minimum Gasteiger partial charge on any atom is -0.497 e. The monoisotopic (exact) mass is 403 g/mol. The van der Waals surface area contributed by atoms with Crippen molar-refractivity contribution in [1.29, 1.82) is 0 Å². The van der Waals surface area contributed by atoms with Gasteiger partial charge in [-0.2, -0.15) is 0 Å². The quantitative estimate of drug-likeness (QED) is 0.705. The number of nitrogens with one attached hydrogen (secondary N) is 1. The van der Waals surface area contributed by atoms with E-state index in [1.54, 1.807) is 38.3 Å². The maximum atomic E-state index is 12.5. The summed E-state index contributed by atoms with van der Waals surface area (Å²) in [7, 11) is 1.57. The molecule has 1 aliphatic rings. The third kappa shape index (κ3) is 4.65. The summed E-state index contributed by atoms with van der Waals surface area (Å²) < 4.78 is 15.9. The normalized spacial score (nSPS) is 15.5. The lowest BCUT2D eigenvalue weighted by Gasteiger charge is -2.18. The second kappa shape index (κ2) is 9.10. The van der Waals surface area contributed by atoms with E-state index in [1.165, 1.54) is 11.3 Å². The molecule has 0 saturated heterocycles. The smallest absolute Gasteiger partial charge is 0.341 e. The van der Waals surface area contributed by atoms with Gasteiger partial charge in [-0.05, 0) is 49.8 Å². The van der Waals surface area contributed by atoms with Gasteiger partial charge in [0.15, 0.2) is 6.61 Å². The Hall–Kier alpha value is -2.54. The number of amides is 1. The van der Waals surface area contributed by atoms with Gasteiger partial charge in [0, 0.05) is 10.9 Å². The highest BCUT2D eigenvalue weighted by Crippen LogP contribution is 2.40. The maximum Gasteiger partial charge on any atom is 0.341 e. The predicted molar refractivity (Wildman–Crippen MR) is 109 cm³/mol. The molecular weight excluding hydrogens is 378 g/mol. The lowest BCUT2D eigenvalue weighted by Crippen LogP contribution is -2.21. The first-order valence-electron chi connectivity index (χ1n) is 9.40. The molecule has 1 amide bonds. The summed E-state index contributed by atoms with van der Waals surface area (Å²) in [4.78, 5) is 26.1. The highest BCUT2D eigenvalue weighted by molar-refractivity contribution is 7.17. The highest BCUT2D eigenvalue weighted by atomic mass is 32.1. The Kier molecular flexibility index (Phi) is 6.57. The predicted octanol–water partition coefficient (Wildman–Crippen LogP) is 4.08. The number of benzene rings is 1. The van der Waals surface area contributed by atoms with Crippen molar-refractivity contribution in [3.05, 3.63) is 40.3 Å². The van der Waals surface area contributed by atoms with Crippen LogP contribution in [0.3, 0.4) is 0 Å². The second-order valence-corrected chi connectivity index (χ2v) is 7.90. The van der Waals surface area contributed by atoms with Crippen LogP contribution in [0.1, 0.15) is 41.1 Å². The Morgan fingerprint density at radius 3 is 2.82 bits per heavy atom. The topological polar surface area (TPSA) is 73.9 Å². The summed E-state index contributed by atoms with van der Waals surface area (Å²) in [6.07, 6.45) is 2.78. The third-order valence-electron chi connectivity index (χ3n) is 4.66. The van der Waals surface area contributed by atoms with Crippen molar-refractivity contribution >= 4 is 28.2 Å². The van der Waals surface area contributed by atoms with Crippen LogP contribution in [-0.4, -0.2) is 32.2 Å². The number of thiophene rings is 1. The molecular formula is C21H25NO5S. The SMILES string of the molecule is CCOC(=O)c1c(NC(=O)COc2cccc(OC)c2)sc2c1CCC(C)C2. The summed E-state index contributed by atoms with van der Waals surface area (Å²) in [5.41, 5.74) is 1.52. The van der Waals surface area contributed by atoms with Gasteiger partial charge in [-0.1, -0.05) is 13.0 Å². The molecule has 1 heterocycles. The largest absolute Gasteiger partial charge is 0.497 e. The van der Waals surface area contributed by atoms with Crippen molar-refractivity contribution in [1.82, 2.24) is 0 Å². The van der Waals surface area contributed by atoms with Gasteiger partial charge in [0.2, 0.25) is 0 Å². The summed E-state index contributed by atoms with van der Waals surface area (Å²) >= 11 is 1.47. The number of fused-ring (bicyclic) bond motifs is 1. The van der Waals surface area contributed by atoms with Crippen molar-refractivity contribution in [2.24, 2.45) is 5.92 Å². The average molecular weight is 404 g/mol. The van der Waals surface area contributed by atoms with Crippen LogP contribution in [0.25, 0.3) is 0 Å². The van der Waals surface area contributed by atoms with Crippen LogP contribution in [-0.2, 0) is 22.4 Å². The van der Waals surface area contributed by atoms with Crippen molar-refractivity contribution in [2.45, 2.75) is 33.1 Å². The Balaban J connectivity index is 1.73. The molecule has 1 atom stereocenters. The van der Waals surface area contributed by atoms with Gasteiger partial charge in [0.25, 0.3) is 5.91 Å². The minimum atomic E-state index is -0.376. The first kappa shape index (κ1) is 20.2. The van der Waals surface area contributed by atoms with Gasteiger partial charge in [-0.25, -0.2) is 4.79 Å². The second-order valence-electron chi connectivity index (χ2n) is 6.79. The number of rotatable bonds is 7. The lowest BCUT2D eigenvalue weighted by atomic mass is 9.88. The molecule has 6 nitrogen and oxygen atoms in total. The van der Waals surface area contributed by atoms with Crippen LogP contribution in [0.5, 0.6) is 11.5 Å². The van der Waals surface area contributed by atoms with E-state index in [0.29, 0.717) is 34.6 Å². The van der Waals surface area contributed by atoms with E-state index in [0.717, 1.165) is 29.7 Å². The fourth-order valence-corrected chi connectivity index (χ4v) is 4.68. The molecule has 7 heteroatoms. The van der Waals surface area contributed by atoms with E-state index in [1.807, 2.05) is 0 Å². The van der Waals surface area contributed by atoms with Crippen LogP contribution < -0.4 is 14.8 Å². The number of ether oxygens (including phenoxy) is 3. The molecule has 1 unspecified atom stereocenters. The van der Waals surface area contributed by atoms with Gasteiger partial charge in [-0.3, -0.25) is 4.79 Å². The van der Waals surface area contributed by atoms with E-state index in [2.05, 4.69) is 12.2 Å². The molecule has 1 aromatic heterocycles. The maximum absolute atomic E-state index is 12.5. The molecule has 150 valence electrons.